The van der Waals surface area contributed by atoms with Gasteiger partial charge < -0.3 is 9.47 Å². The minimum Gasteiger partial charge on any atom is -0.367 e. The molecule has 0 saturated carbocycles. The van der Waals surface area contributed by atoms with Crippen LogP contribution in [-0.2, 0) is 20.1 Å². The van der Waals surface area contributed by atoms with E-state index in [0.717, 1.165) is 30.0 Å². The first-order chi connectivity index (χ1) is 16.4. The number of aromatic amines is 1. The molecule has 0 amide bonds. The van der Waals surface area contributed by atoms with E-state index in [0.29, 0.717) is 43.0 Å². The lowest BCUT2D eigenvalue weighted by atomic mass is 10.1. The molecular weight excluding hydrogens is 435 g/mol. The largest absolute Gasteiger partial charge is 0.367 e. The standard InChI is InChI=1S/C25H27FN6O2/c1-17-6-5-7-18(14-17)15-32-21(27-23-22(32)24(33)28-25(34)29(23)2)16-30-10-12-31(13-11-30)20-9-4-3-8-19(20)26/h3-9,14H,10-13,15-16H2,1-2H3,(H,28,33,34). The van der Waals surface area contributed by atoms with Gasteiger partial charge in [-0.05, 0) is 24.6 Å². The molecule has 1 saturated heterocycles. The lowest BCUT2D eigenvalue weighted by molar-refractivity contribution is 0.241. The van der Waals surface area contributed by atoms with Gasteiger partial charge in [0.25, 0.3) is 5.56 Å². The molecule has 9 heteroatoms. The third kappa shape index (κ3) is 4.14. The summed E-state index contributed by atoms with van der Waals surface area (Å²) < 4.78 is 17.5. The van der Waals surface area contributed by atoms with Gasteiger partial charge in [0.05, 0.1) is 12.2 Å². The number of nitrogens with zero attached hydrogens (tertiary/aromatic N) is 5. The predicted octanol–water partition coefficient (Wildman–Crippen LogP) is 2.24. The summed E-state index contributed by atoms with van der Waals surface area (Å²) in [5.41, 5.74) is 2.66. The zero-order chi connectivity index (χ0) is 23.8. The van der Waals surface area contributed by atoms with Gasteiger partial charge in [-0.25, -0.2) is 14.2 Å². The van der Waals surface area contributed by atoms with Crippen molar-refractivity contribution >= 4 is 16.9 Å². The zero-order valence-electron chi connectivity index (χ0n) is 19.3. The maximum Gasteiger partial charge on any atom is 0.329 e. The van der Waals surface area contributed by atoms with Gasteiger partial charge in [0, 0.05) is 39.8 Å². The maximum atomic E-state index is 14.2. The highest BCUT2D eigenvalue weighted by Gasteiger charge is 2.23. The van der Waals surface area contributed by atoms with Crippen LogP contribution in [0.3, 0.4) is 0 Å². The number of piperazine rings is 1. The van der Waals surface area contributed by atoms with Crippen LogP contribution in [0.15, 0.2) is 58.1 Å². The number of H-pyrrole nitrogens is 1. The Balaban J connectivity index is 1.45. The fraction of sp³-hybridized carbons (Fsp3) is 0.320. The first-order valence-electron chi connectivity index (χ1n) is 11.4. The van der Waals surface area contributed by atoms with E-state index in [1.54, 1.807) is 19.2 Å². The van der Waals surface area contributed by atoms with Crippen LogP contribution >= 0.6 is 0 Å². The number of nitrogens with one attached hydrogen (secondary N) is 1. The lowest BCUT2D eigenvalue weighted by Gasteiger charge is -2.36. The van der Waals surface area contributed by atoms with Gasteiger partial charge >= 0.3 is 5.69 Å². The van der Waals surface area contributed by atoms with Crippen molar-refractivity contribution in [3.63, 3.8) is 0 Å². The monoisotopic (exact) mass is 462 g/mol. The molecule has 1 fully saturated rings. The molecule has 8 nitrogen and oxygen atoms in total. The topological polar surface area (TPSA) is 79.2 Å². The molecule has 176 valence electrons. The summed E-state index contributed by atoms with van der Waals surface area (Å²) in [4.78, 5) is 36.4. The van der Waals surface area contributed by atoms with E-state index in [9.17, 15) is 14.0 Å². The van der Waals surface area contributed by atoms with Gasteiger partial charge in [-0.3, -0.25) is 19.2 Å². The summed E-state index contributed by atoms with van der Waals surface area (Å²) in [7, 11) is 1.61. The van der Waals surface area contributed by atoms with Crippen LogP contribution in [0.2, 0.25) is 0 Å². The van der Waals surface area contributed by atoms with Crippen molar-refractivity contribution in [2.75, 3.05) is 31.1 Å². The molecule has 4 aromatic rings. The molecule has 1 N–H and O–H groups in total. The molecule has 1 aliphatic rings. The zero-order valence-corrected chi connectivity index (χ0v) is 19.3. The highest BCUT2D eigenvalue weighted by Crippen LogP contribution is 2.22. The summed E-state index contributed by atoms with van der Waals surface area (Å²) in [6, 6.07) is 15.0. The molecule has 3 heterocycles. The van der Waals surface area contributed by atoms with E-state index in [2.05, 4.69) is 20.9 Å². The van der Waals surface area contributed by atoms with Crippen LogP contribution in [0.1, 0.15) is 17.0 Å². The second-order valence-corrected chi connectivity index (χ2v) is 8.81. The molecular formula is C25H27FN6O2. The molecule has 0 unspecified atom stereocenters. The average molecular weight is 463 g/mol. The van der Waals surface area contributed by atoms with Crippen LogP contribution in [0.4, 0.5) is 10.1 Å². The quantitative estimate of drug-likeness (QED) is 0.492. The predicted molar refractivity (Wildman–Crippen MR) is 130 cm³/mol. The highest BCUT2D eigenvalue weighted by molar-refractivity contribution is 5.71. The number of rotatable bonds is 5. The van der Waals surface area contributed by atoms with Crippen LogP contribution in [0.25, 0.3) is 11.2 Å². The van der Waals surface area contributed by atoms with Crippen LogP contribution in [-0.4, -0.2) is 50.2 Å². The average Bonchev–Trinajstić information content (AvgIpc) is 3.17. The van der Waals surface area contributed by atoms with E-state index in [1.807, 2.05) is 35.8 Å². The van der Waals surface area contributed by atoms with E-state index in [4.69, 9.17) is 4.98 Å². The number of anilines is 1. The highest BCUT2D eigenvalue weighted by atomic mass is 19.1. The molecule has 2 aromatic carbocycles. The summed E-state index contributed by atoms with van der Waals surface area (Å²) in [5.74, 6) is 0.513. The fourth-order valence-electron chi connectivity index (χ4n) is 4.62. The second kappa shape index (κ2) is 8.90. The molecule has 0 radical (unpaired) electrons. The number of aryl methyl sites for hydroxylation is 2. The summed E-state index contributed by atoms with van der Waals surface area (Å²) in [6.07, 6.45) is 0. The fourth-order valence-corrected chi connectivity index (χ4v) is 4.62. The van der Waals surface area contributed by atoms with E-state index < -0.39 is 11.2 Å². The maximum absolute atomic E-state index is 14.2. The van der Waals surface area contributed by atoms with Crippen molar-refractivity contribution in [3.8, 4) is 0 Å². The normalized spacial score (nSPS) is 14.7. The molecule has 0 atom stereocenters. The van der Waals surface area contributed by atoms with Gasteiger partial charge in [-0.15, -0.1) is 0 Å². The second-order valence-electron chi connectivity index (χ2n) is 8.81. The molecule has 0 bridgehead atoms. The van der Waals surface area contributed by atoms with Crippen molar-refractivity contribution in [2.24, 2.45) is 7.05 Å². The Kier molecular flexibility index (Phi) is 5.79. The van der Waals surface area contributed by atoms with E-state index in [-0.39, 0.29) is 5.82 Å². The Morgan fingerprint density at radius 3 is 2.50 bits per heavy atom. The molecule has 34 heavy (non-hydrogen) atoms. The number of fused-ring (bicyclic) bond motifs is 1. The van der Waals surface area contributed by atoms with Crippen molar-refractivity contribution < 1.29 is 4.39 Å². The minimum absolute atomic E-state index is 0.212. The number of benzene rings is 2. The minimum atomic E-state index is -0.484. The Hall–Kier alpha value is -3.72. The van der Waals surface area contributed by atoms with Crippen molar-refractivity contribution in [1.82, 2.24) is 24.0 Å². The van der Waals surface area contributed by atoms with Crippen LogP contribution < -0.4 is 16.1 Å². The van der Waals surface area contributed by atoms with Gasteiger partial charge in [0.15, 0.2) is 11.2 Å². The number of para-hydroxylation sites is 1. The number of hydrogen-bond acceptors (Lipinski definition) is 5. The lowest BCUT2D eigenvalue weighted by Crippen LogP contribution is -2.46. The smallest absolute Gasteiger partial charge is 0.329 e. The Labute approximate surface area is 195 Å². The van der Waals surface area contributed by atoms with Crippen LogP contribution in [0.5, 0.6) is 0 Å². The number of imidazole rings is 1. The Morgan fingerprint density at radius 1 is 1.00 bits per heavy atom. The third-order valence-electron chi connectivity index (χ3n) is 6.44. The third-order valence-corrected chi connectivity index (χ3v) is 6.44. The summed E-state index contributed by atoms with van der Waals surface area (Å²) in [5, 5.41) is 0. The summed E-state index contributed by atoms with van der Waals surface area (Å²) >= 11 is 0. The molecule has 0 aliphatic carbocycles. The number of halogens is 1. The van der Waals surface area contributed by atoms with E-state index >= 15 is 0 Å². The van der Waals surface area contributed by atoms with Crippen LogP contribution in [0, 0.1) is 12.7 Å². The molecule has 5 rings (SSSR count). The van der Waals surface area contributed by atoms with Crippen molar-refractivity contribution in [2.45, 2.75) is 20.0 Å². The Bertz CT molecular complexity index is 1460. The van der Waals surface area contributed by atoms with Gasteiger partial charge in [-0.1, -0.05) is 42.0 Å². The Morgan fingerprint density at radius 2 is 1.76 bits per heavy atom. The van der Waals surface area contributed by atoms with Crippen molar-refractivity contribution in [3.05, 3.63) is 92.1 Å². The van der Waals surface area contributed by atoms with Gasteiger partial charge in [-0.2, -0.15) is 0 Å². The number of aromatic nitrogens is 4. The van der Waals surface area contributed by atoms with Gasteiger partial charge in [0.2, 0.25) is 0 Å². The van der Waals surface area contributed by atoms with Crippen molar-refractivity contribution in [1.29, 1.82) is 0 Å². The van der Waals surface area contributed by atoms with E-state index in [1.165, 1.54) is 10.6 Å². The first-order valence-corrected chi connectivity index (χ1v) is 11.4. The molecule has 0 spiro atoms. The molecule has 1 aliphatic heterocycles. The van der Waals surface area contributed by atoms with Gasteiger partial charge in [0.1, 0.15) is 11.6 Å². The number of hydrogen-bond donors (Lipinski definition) is 1. The first kappa shape index (κ1) is 22.1. The molecule has 2 aromatic heterocycles. The SMILES string of the molecule is Cc1cccc(Cn2c(CN3CCN(c4ccccc4F)CC3)nc3c2c(=O)[nH]c(=O)n3C)c1. The summed E-state index contributed by atoms with van der Waals surface area (Å²) in [6.45, 7) is 5.88.